The summed E-state index contributed by atoms with van der Waals surface area (Å²) in [5, 5.41) is 3.32. The van der Waals surface area contributed by atoms with Gasteiger partial charge in [0.1, 0.15) is 10.7 Å². The average molecular weight is 326 g/mol. The molecule has 0 bridgehead atoms. The molecule has 0 atom stereocenters. The maximum Gasteiger partial charge on any atom is 0.274 e. The number of carbonyl (C=O) groups excluding carboxylic acids is 1. The van der Waals surface area contributed by atoms with E-state index in [2.05, 4.69) is 10.3 Å². The Morgan fingerprint density at radius 1 is 1.20 bits per heavy atom. The third-order valence-corrected chi connectivity index (χ3v) is 3.35. The van der Waals surface area contributed by atoms with Crippen LogP contribution < -0.4 is 11.1 Å². The summed E-state index contributed by atoms with van der Waals surface area (Å²) in [6.45, 7) is 0. The first-order chi connectivity index (χ1) is 9.49. The highest BCUT2D eigenvalue weighted by atomic mass is 35.5. The number of hydrogen-bond acceptors (Lipinski definition) is 3. The van der Waals surface area contributed by atoms with Crippen molar-refractivity contribution in [1.29, 1.82) is 0 Å². The van der Waals surface area contributed by atoms with Crippen molar-refractivity contribution in [2.75, 3.05) is 5.32 Å². The second-order valence-corrected chi connectivity index (χ2v) is 5.10. The molecule has 0 unspecified atom stereocenters. The van der Waals surface area contributed by atoms with Crippen molar-refractivity contribution in [2.45, 2.75) is 0 Å². The van der Waals surface area contributed by atoms with Crippen LogP contribution in [0.4, 0.5) is 5.69 Å². The van der Waals surface area contributed by atoms with E-state index in [9.17, 15) is 4.79 Å². The molecule has 20 heavy (non-hydrogen) atoms. The zero-order chi connectivity index (χ0) is 14.7. The van der Waals surface area contributed by atoms with Gasteiger partial charge in [-0.25, -0.2) is 0 Å². The van der Waals surface area contributed by atoms with Crippen molar-refractivity contribution in [3.05, 3.63) is 57.8 Å². The van der Waals surface area contributed by atoms with Crippen molar-refractivity contribution >= 4 is 52.0 Å². The number of halogens is 2. The van der Waals surface area contributed by atoms with E-state index >= 15 is 0 Å². The minimum Gasteiger partial charge on any atom is -0.389 e. The molecule has 1 aromatic carbocycles. The Balaban J connectivity index is 2.22. The smallest absolute Gasteiger partial charge is 0.274 e. The fraction of sp³-hybridized carbons (Fsp3) is 0. The highest BCUT2D eigenvalue weighted by molar-refractivity contribution is 7.80. The number of benzene rings is 1. The Kier molecular flexibility index (Phi) is 4.54. The van der Waals surface area contributed by atoms with Gasteiger partial charge in [0.25, 0.3) is 5.91 Å². The Bertz CT molecular complexity index is 654. The summed E-state index contributed by atoms with van der Waals surface area (Å²) in [5.74, 6) is -0.422. The summed E-state index contributed by atoms with van der Waals surface area (Å²) in [5.41, 5.74) is 6.61. The van der Waals surface area contributed by atoms with Crippen molar-refractivity contribution in [3.8, 4) is 0 Å². The van der Waals surface area contributed by atoms with Crippen LogP contribution in [0.1, 0.15) is 16.1 Å². The summed E-state index contributed by atoms with van der Waals surface area (Å²) in [4.78, 5) is 16.3. The number of nitrogens with one attached hydrogen (secondary N) is 1. The molecule has 2 rings (SSSR count). The number of nitrogens with two attached hydrogens (primary N) is 1. The number of thiocarbonyl (C=S) groups is 1. The van der Waals surface area contributed by atoms with E-state index in [-0.39, 0.29) is 10.7 Å². The van der Waals surface area contributed by atoms with Gasteiger partial charge in [-0.2, -0.15) is 0 Å². The second kappa shape index (κ2) is 6.17. The molecular weight excluding hydrogens is 317 g/mol. The third-order valence-electron chi connectivity index (χ3n) is 2.48. The number of carbonyl (C=O) groups is 1. The molecular formula is C13H9Cl2N3OS. The van der Waals surface area contributed by atoms with E-state index in [4.69, 9.17) is 41.2 Å². The highest BCUT2D eigenvalue weighted by Gasteiger charge is 2.12. The maximum atomic E-state index is 12.0. The Morgan fingerprint density at radius 3 is 2.35 bits per heavy atom. The highest BCUT2D eigenvalue weighted by Crippen LogP contribution is 2.30. The first kappa shape index (κ1) is 14.7. The van der Waals surface area contributed by atoms with Gasteiger partial charge in [0.2, 0.25) is 0 Å². The average Bonchev–Trinajstić information content (AvgIpc) is 2.43. The monoisotopic (exact) mass is 325 g/mol. The van der Waals surface area contributed by atoms with Gasteiger partial charge in [-0.15, -0.1) is 0 Å². The van der Waals surface area contributed by atoms with Crippen LogP contribution in [-0.2, 0) is 0 Å². The molecule has 0 saturated carbocycles. The first-order valence-electron chi connectivity index (χ1n) is 5.50. The molecule has 4 nitrogen and oxygen atoms in total. The van der Waals surface area contributed by atoms with Gasteiger partial charge in [-0.3, -0.25) is 9.78 Å². The van der Waals surface area contributed by atoms with Crippen molar-refractivity contribution in [1.82, 2.24) is 4.98 Å². The molecule has 1 heterocycles. The molecule has 0 fully saturated rings. The van der Waals surface area contributed by atoms with E-state index in [0.717, 1.165) is 0 Å². The predicted molar refractivity (Wildman–Crippen MR) is 84.5 cm³/mol. The largest absolute Gasteiger partial charge is 0.389 e. The van der Waals surface area contributed by atoms with Crippen molar-refractivity contribution in [2.24, 2.45) is 5.73 Å². The SMILES string of the molecule is NC(=S)c1ccc(C(=O)Nc2c(Cl)cccc2Cl)nc1. The molecule has 3 N–H and O–H groups in total. The van der Waals surface area contributed by atoms with Crippen LogP contribution >= 0.6 is 35.4 Å². The van der Waals surface area contributed by atoms with Crippen LogP contribution in [0, 0.1) is 0 Å². The fourth-order valence-electron chi connectivity index (χ4n) is 1.47. The van der Waals surface area contributed by atoms with E-state index in [1.54, 1.807) is 24.3 Å². The molecule has 0 aliphatic heterocycles. The van der Waals surface area contributed by atoms with Gasteiger partial charge in [-0.1, -0.05) is 41.5 Å². The first-order valence-corrected chi connectivity index (χ1v) is 6.66. The number of amides is 1. The number of aromatic nitrogens is 1. The van der Waals surface area contributed by atoms with Crippen molar-refractivity contribution < 1.29 is 4.79 Å². The summed E-state index contributed by atoms with van der Waals surface area (Å²) in [6.07, 6.45) is 1.44. The molecule has 0 aliphatic rings. The van der Waals surface area contributed by atoms with Crippen LogP contribution in [-0.4, -0.2) is 15.9 Å². The third kappa shape index (κ3) is 3.25. The Hall–Kier alpha value is -1.69. The molecule has 102 valence electrons. The lowest BCUT2D eigenvalue weighted by Gasteiger charge is -2.08. The molecule has 0 radical (unpaired) electrons. The van der Waals surface area contributed by atoms with Crippen LogP contribution in [0.3, 0.4) is 0 Å². The zero-order valence-corrected chi connectivity index (χ0v) is 12.4. The summed E-state index contributed by atoms with van der Waals surface area (Å²) in [7, 11) is 0. The standard InChI is InChI=1S/C13H9Cl2N3OS/c14-8-2-1-3-9(15)11(8)18-13(19)10-5-4-7(6-17-10)12(16)20/h1-6H,(H2,16,20)(H,18,19). The Labute approximate surface area is 130 Å². The maximum absolute atomic E-state index is 12.0. The number of anilines is 1. The molecule has 7 heteroatoms. The summed E-state index contributed by atoms with van der Waals surface area (Å²) >= 11 is 16.8. The minimum absolute atomic E-state index is 0.209. The van der Waals surface area contributed by atoms with Crippen molar-refractivity contribution in [3.63, 3.8) is 0 Å². The fourth-order valence-corrected chi connectivity index (χ4v) is 2.08. The lowest BCUT2D eigenvalue weighted by molar-refractivity contribution is 0.102. The Morgan fingerprint density at radius 2 is 1.85 bits per heavy atom. The van der Waals surface area contributed by atoms with Crippen LogP contribution in [0.5, 0.6) is 0 Å². The summed E-state index contributed by atoms with van der Waals surface area (Å²) in [6, 6.07) is 8.10. The van der Waals surface area contributed by atoms with Crippen LogP contribution in [0.15, 0.2) is 36.5 Å². The molecule has 0 spiro atoms. The van der Waals surface area contributed by atoms with Crippen LogP contribution in [0.2, 0.25) is 10.0 Å². The predicted octanol–water partition coefficient (Wildman–Crippen LogP) is 3.27. The number of para-hydroxylation sites is 1. The van der Waals surface area contributed by atoms with Gasteiger partial charge in [0.15, 0.2) is 0 Å². The molecule has 2 aromatic rings. The van der Waals surface area contributed by atoms with Crippen LogP contribution in [0.25, 0.3) is 0 Å². The molecule has 0 saturated heterocycles. The normalized spacial score (nSPS) is 10.1. The zero-order valence-electron chi connectivity index (χ0n) is 10.1. The lowest BCUT2D eigenvalue weighted by atomic mass is 10.2. The van der Waals surface area contributed by atoms with Gasteiger partial charge < -0.3 is 11.1 Å². The molecule has 0 aliphatic carbocycles. The van der Waals surface area contributed by atoms with Gasteiger partial charge in [-0.05, 0) is 24.3 Å². The van der Waals surface area contributed by atoms with Gasteiger partial charge in [0.05, 0.1) is 15.7 Å². The van der Waals surface area contributed by atoms with Gasteiger partial charge in [0, 0.05) is 11.8 Å². The van der Waals surface area contributed by atoms with E-state index < -0.39 is 5.91 Å². The lowest BCUT2D eigenvalue weighted by Crippen LogP contribution is -2.16. The van der Waals surface area contributed by atoms with Gasteiger partial charge >= 0.3 is 0 Å². The molecule has 1 amide bonds. The number of nitrogens with zero attached hydrogens (tertiary/aromatic N) is 1. The number of pyridine rings is 1. The number of rotatable bonds is 3. The topological polar surface area (TPSA) is 68.0 Å². The van der Waals surface area contributed by atoms with E-state index in [0.29, 0.717) is 21.3 Å². The minimum atomic E-state index is -0.422. The second-order valence-electron chi connectivity index (χ2n) is 3.85. The molecule has 1 aromatic heterocycles. The summed E-state index contributed by atoms with van der Waals surface area (Å²) < 4.78 is 0. The van der Waals surface area contributed by atoms with E-state index in [1.807, 2.05) is 0 Å². The van der Waals surface area contributed by atoms with E-state index in [1.165, 1.54) is 12.3 Å². The quantitative estimate of drug-likeness (QED) is 0.850. The number of hydrogen-bond donors (Lipinski definition) is 2.